The molecule has 0 bridgehead atoms. The van der Waals surface area contributed by atoms with Crippen LogP contribution in [0.5, 0.6) is 0 Å². The number of phosphoric acid groups is 1. The van der Waals surface area contributed by atoms with Crippen LogP contribution in [0.2, 0.25) is 0 Å². The molecular weight excluding hydrogens is 721 g/mol. The number of ether oxygens (including phenoxy) is 2. The van der Waals surface area contributed by atoms with Crippen molar-refractivity contribution in [3.8, 4) is 0 Å². The van der Waals surface area contributed by atoms with E-state index in [0.717, 1.165) is 57.8 Å². The van der Waals surface area contributed by atoms with Crippen molar-refractivity contribution in [1.29, 1.82) is 0 Å². The van der Waals surface area contributed by atoms with Crippen molar-refractivity contribution in [2.75, 3.05) is 33.0 Å². The van der Waals surface area contributed by atoms with Gasteiger partial charge in [-0.3, -0.25) is 13.8 Å². The second-order valence-corrected chi connectivity index (χ2v) is 16.7. The average Bonchev–Trinajstić information content (AvgIpc) is 3.19. The molecule has 56 heavy (non-hydrogen) atoms. The van der Waals surface area contributed by atoms with Crippen molar-refractivity contribution >= 4 is 13.8 Å². The van der Waals surface area contributed by atoms with Gasteiger partial charge in [-0.15, -0.1) is 0 Å². The summed E-state index contributed by atoms with van der Waals surface area (Å²) in [5, 5.41) is 0. The van der Waals surface area contributed by atoms with Crippen LogP contribution in [-0.4, -0.2) is 49.9 Å². The summed E-state index contributed by atoms with van der Waals surface area (Å²) in [6.07, 6.45) is 52.7. The highest BCUT2D eigenvalue weighted by molar-refractivity contribution is 7.47. The first kappa shape index (κ1) is 54.5. The summed E-state index contributed by atoms with van der Waals surface area (Å²) >= 11 is 0. The topological polar surface area (TPSA) is 117 Å². The third-order valence-electron chi connectivity index (χ3n) is 9.72. The number of nitrogens with two attached hydrogens (primary N) is 1. The maximum atomic E-state index is 12.6. The summed E-state index contributed by atoms with van der Waals surface area (Å²) in [5.41, 5.74) is 5.37. The molecule has 0 fully saturated rings. The first-order chi connectivity index (χ1) is 27.4. The van der Waals surface area contributed by atoms with Gasteiger partial charge in [-0.1, -0.05) is 172 Å². The first-order valence-corrected chi connectivity index (χ1v) is 24.6. The quantitative estimate of drug-likeness (QED) is 0.0270. The van der Waals surface area contributed by atoms with Crippen LogP contribution in [0.4, 0.5) is 0 Å². The fourth-order valence-electron chi connectivity index (χ4n) is 6.29. The lowest BCUT2D eigenvalue weighted by molar-refractivity contribution is -0.154. The molecular formula is C47H88NO7P. The largest absolute Gasteiger partial charge is 0.472 e. The Bertz CT molecular complexity index is 999. The zero-order valence-corrected chi connectivity index (χ0v) is 37.3. The van der Waals surface area contributed by atoms with E-state index in [2.05, 4.69) is 62.5 Å². The molecule has 0 rings (SSSR count). The molecule has 0 heterocycles. The van der Waals surface area contributed by atoms with Gasteiger partial charge in [0.15, 0.2) is 0 Å². The molecule has 3 N–H and O–H groups in total. The number of esters is 1. The molecule has 0 aliphatic heterocycles. The van der Waals surface area contributed by atoms with E-state index in [1.807, 2.05) is 0 Å². The molecule has 8 nitrogen and oxygen atoms in total. The SMILES string of the molecule is CCCCCCC/C=C\C/C=C\C/C=C\CCCCCCCCC(=O)OC(COCCCCCCCC/C=C\CCCCCCCC)COP(=O)(O)OCCN. The van der Waals surface area contributed by atoms with E-state index in [4.69, 9.17) is 24.3 Å². The van der Waals surface area contributed by atoms with Gasteiger partial charge >= 0.3 is 13.8 Å². The average molecular weight is 810 g/mol. The smallest absolute Gasteiger partial charge is 0.457 e. The van der Waals surface area contributed by atoms with Gasteiger partial charge < -0.3 is 20.1 Å². The molecule has 328 valence electrons. The molecule has 0 saturated carbocycles. The fourth-order valence-corrected chi connectivity index (χ4v) is 7.06. The zero-order chi connectivity index (χ0) is 40.9. The van der Waals surface area contributed by atoms with Crippen molar-refractivity contribution in [2.45, 2.75) is 213 Å². The predicted octanol–water partition coefficient (Wildman–Crippen LogP) is 14.0. The van der Waals surface area contributed by atoms with Crippen LogP contribution in [0.25, 0.3) is 0 Å². The van der Waals surface area contributed by atoms with Gasteiger partial charge in [-0.2, -0.15) is 0 Å². The van der Waals surface area contributed by atoms with Crippen LogP contribution < -0.4 is 5.73 Å². The first-order valence-electron chi connectivity index (χ1n) is 23.1. The Morgan fingerprint density at radius 3 is 1.43 bits per heavy atom. The molecule has 0 spiro atoms. The summed E-state index contributed by atoms with van der Waals surface area (Å²) < 4.78 is 33.5. The molecule has 9 heteroatoms. The zero-order valence-electron chi connectivity index (χ0n) is 36.4. The van der Waals surface area contributed by atoms with Crippen LogP contribution in [0.15, 0.2) is 48.6 Å². The molecule has 0 aliphatic carbocycles. The maximum Gasteiger partial charge on any atom is 0.472 e. The second kappa shape index (κ2) is 44.6. The Labute approximate surface area is 345 Å². The van der Waals surface area contributed by atoms with Crippen LogP contribution >= 0.6 is 7.82 Å². The van der Waals surface area contributed by atoms with E-state index in [1.165, 1.54) is 128 Å². The van der Waals surface area contributed by atoms with E-state index < -0.39 is 13.9 Å². The van der Waals surface area contributed by atoms with Crippen LogP contribution in [0, 0.1) is 0 Å². The van der Waals surface area contributed by atoms with Crippen LogP contribution in [-0.2, 0) is 27.9 Å². The van der Waals surface area contributed by atoms with Crippen molar-refractivity contribution in [3.63, 3.8) is 0 Å². The van der Waals surface area contributed by atoms with Crippen molar-refractivity contribution in [2.24, 2.45) is 5.73 Å². The van der Waals surface area contributed by atoms with E-state index >= 15 is 0 Å². The number of phosphoric ester groups is 1. The molecule has 0 aromatic rings. The van der Waals surface area contributed by atoms with Gasteiger partial charge in [0, 0.05) is 19.6 Å². The highest BCUT2D eigenvalue weighted by Crippen LogP contribution is 2.43. The summed E-state index contributed by atoms with van der Waals surface area (Å²) in [7, 11) is -4.28. The normalized spacial score (nSPS) is 13.9. The minimum Gasteiger partial charge on any atom is -0.457 e. The summed E-state index contributed by atoms with van der Waals surface area (Å²) in [5.74, 6) is -0.344. The molecule has 0 saturated heterocycles. The van der Waals surface area contributed by atoms with Gasteiger partial charge in [-0.25, -0.2) is 4.57 Å². The highest BCUT2D eigenvalue weighted by atomic mass is 31.2. The van der Waals surface area contributed by atoms with Gasteiger partial charge in [-0.05, 0) is 77.0 Å². The number of carbonyl (C=O) groups is 1. The number of hydrogen-bond donors (Lipinski definition) is 2. The highest BCUT2D eigenvalue weighted by Gasteiger charge is 2.25. The number of unbranched alkanes of at least 4 members (excludes halogenated alkanes) is 23. The van der Waals surface area contributed by atoms with Crippen molar-refractivity contribution in [1.82, 2.24) is 0 Å². The molecule has 2 unspecified atom stereocenters. The Morgan fingerprint density at radius 1 is 0.536 bits per heavy atom. The minimum atomic E-state index is -4.28. The predicted molar refractivity (Wildman–Crippen MR) is 238 cm³/mol. The Hall–Kier alpha value is -1.54. The van der Waals surface area contributed by atoms with Crippen molar-refractivity contribution < 1.29 is 32.8 Å². The third kappa shape index (κ3) is 43.6. The number of rotatable bonds is 44. The summed E-state index contributed by atoms with van der Waals surface area (Å²) in [6, 6.07) is 0. The van der Waals surface area contributed by atoms with E-state index in [0.29, 0.717) is 13.0 Å². The van der Waals surface area contributed by atoms with E-state index in [-0.39, 0.29) is 32.3 Å². The van der Waals surface area contributed by atoms with E-state index in [9.17, 15) is 14.3 Å². The van der Waals surface area contributed by atoms with Gasteiger partial charge in [0.25, 0.3) is 0 Å². The fraction of sp³-hybridized carbons (Fsp3) is 0.809. The second-order valence-electron chi connectivity index (χ2n) is 15.3. The lowest BCUT2D eigenvalue weighted by atomic mass is 10.1. The monoisotopic (exact) mass is 810 g/mol. The van der Waals surface area contributed by atoms with Crippen LogP contribution in [0.1, 0.15) is 206 Å². The molecule has 0 radical (unpaired) electrons. The number of allylic oxidation sites excluding steroid dienone is 8. The maximum absolute atomic E-state index is 12.6. The molecule has 0 amide bonds. The summed E-state index contributed by atoms with van der Waals surface area (Å²) in [6.45, 7) is 4.88. The Balaban J connectivity index is 4.04. The molecule has 0 aromatic carbocycles. The van der Waals surface area contributed by atoms with Gasteiger partial charge in [0.2, 0.25) is 0 Å². The van der Waals surface area contributed by atoms with Crippen LogP contribution in [0.3, 0.4) is 0 Å². The van der Waals surface area contributed by atoms with Gasteiger partial charge in [0.1, 0.15) is 6.10 Å². The summed E-state index contributed by atoms with van der Waals surface area (Å²) in [4.78, 5) is 22.5. The third-order valence-corrected chi connectivity index (χ3v) is 10.7. The minimum absolute atomic E-state index is 0.0957. The molecule has 0 aliphatic rings. The number of hydrogen-bond acceptors (Lipinski definition) is 7. The number of carbonyl (C=O) groups excluding carboxylic acids is 1. The lowest BCUT2D eigenvalue weighted by Gasteiger charge is -2.20. The Kier molecular flexibility index (Phi) is 43.3. The molecule has 0 aromatic heterocycles. The molecule has 2 atom stereocenters. The van der Waals surface area contributed by atoms with Crippen molar-refractivity contribution in [3.05, 3.63) is 48.6 Å². The van der Waals surface area contributed by atoms with E-state index in [1.54, 1.807) is 0 Å². The van der Waals surface area contributed by atoms with Gasteiger partial charge in [0.05, 0.1) is 19.8 Å². The lowest BCUT2D eigenvalue weighted by Crippen LogP contribution is -2.28. The Morgan fingerprint density at radius 2 is 0.946 bits per heavy atom. The standard InChI is InChI=1S/C47H88NO7P/c1-3-5-7-9-11-13-15-17-19-21-22-23-24-25-26-28-30-32-34-36-38-40-47(49)55-46(45-54-56(50,51)53-43-41-48)44-52-42-39-37-35-33-31-29-27-20-18-16-14-12-10-8-6-4-2/h15,17-18,20-22,24-25,46H,3-14,16,19,23,26-45,48H2,1-2H3,(H,50,51)/b17-15-,20-18-,22-21-,25-24-.